The molecule has 7 unspecified atom stereocenters. The monoisotopic (exact) mass is 446 g/mol. The Morgan fingerprint density at radius 2 is 1.90 bits per heavy atom. The first-order valence-corrected chi connectivity index (χ1v) is 11.2. The lowest BCUT2D eigenvalue weighted by Gasteiger charge is -2.42. The van der Waals surface area contributed by atoms with Crippen molar-refractivity contribution in [3.8, 4) is 5.75 Å². The highest BCUT2D eigenvalue weighted by Crippen LogP contribution is 2.68. The Morgan fingerprint density at radius 3 is 2.63 bits per heavy atom. The maximum Gasteiger partial charge on any atom is 0.317 e. The van der Waals surface area contributed by atoms with Crippen molar-refractivity contribution in [1.82, 2.24) is 4.98 Å². The van der Waals surface area contributed by atoms with Gasteiger partial charge in [-0.05, 0) is 30.2 Å². The molecular weight excluding hydrogens is 432 g/mol. The van der Waals surface area contributed by atoms with Crippen LogP contribution in [0.15, 0.2) is 28.0 Å². The molecule has 2 bridgehead atoms. The van der Waals surface area contributed by atoms with E-state index in [-0.39, 0.29) is 39.3 Å². The number of H-pyrrole nitrogens is 1. The van der Waals surface area contributed by atoms with Gasteiger partial charge < -0.3 is 14.8 Å². The number of carbonyl (C=O) groups excluding carboxylic acids is 2. The number of thiazole rings is 1. The first kappa shape index (κ1) is 18.1. The Kier molecular flexibility index (Phi) is 3.59. The van der Waals surface area contributed by atoms with Gasteiger partial charge in [0.15, 0.2) is 0 Å². The fourth-order valence-electron chi connectivity index (χ4n) is 6.07. The molecule has 2 saturated carbocycles. The van der Waals surface area contributed by atoms with Crippen molar-refractivity contribution in [2.24, 2.45) is 29.6 Å². The lowest BCUT2D eigenvalue weighted by atomic mass is 9.68. The number of non-ortho nitro benzene ring substituents is 1. The number of aromatic nitrogens is 1. The average Bonchev–Trinajstić information content (AvgIpc) is 3.41. The molecule has 9 nitrogen and oxygen atoms in total. The lowest BCUT2D eigenvalue weighted by Crippen LogP contribution is -2.42. The fourth-order valence-corrected chi connectivity index (χ4v) is 8.95. The number of nitrogens with zero attached hydrogens (tertiary/aromatic N) is 1. The van der Waals surface area contributed by atoms with Crippen LogP contribution in [0, 0.1) is 39.7 Å². The van der Waals surface area contributed by atoms with Crippen molar-refractivity contribution >= 4 is 40.7 Å². The van der Waals surface area contributed by atoms with Gasteiger partial charge in [-0.25, -0.2) is 0 Å². The van der Waals surface area contributed by atoms with Crippen molar-refractivity contribution in [3.05, 3.63) is 48.4 Å². The third-order valence-electron chi connectivity index (χ3n) is 7.02. The van der Waals surface area contributed by atoms with E-state index in [2.05, 4.69) is 4.98 Å². The molecule has 0 amide bonds. The van der Waals surface area contributed by atoms with Crippen molar-refractivity contribution < 1.29 is 24.4 Å². The van der Waals surface area contributed by atoms with Gasteiger partial charge in [0.1, 0.15) is 5.75 Å². The molecule has 6 rings (SSSR count). The molecule has 7 atom stereocenters. The maximum absolute atomic E-state index is 12.4. The Morgan fingerprint density at radius 1 is 1.17 bits per heavy atom. The zero-order valence-corrected chi connectivity index (χ0v) is 16.8. The van der Waals surface area contributed by atoms with Crippen LogP contribution in [0.25, 0.3) is 0 Å². The molecule has 11 heteroatoms. The van der Waals surface area contributed by atoms with Gasteiger partial charge in [-0.2, -0.15) is 0 Å². The van der Waals surface area contributed by atoms with Crippen LogP contribution in [-0.2, 0) is 14.3 Å². The van der Waals surface area contributed by atoms with E-state index in [1.54, 1.807) is 0 Å². The number of fused-ring (bicyclic) bond motifs is 9. The van der Waals surface area contributed by atoms with Crippen molar-refractivity contribution in [1.29, 1.82) is 0 Å². The van der Waals surface area contributed by atoms with E-state index in [0.717, 1.165) is 11.3 Å². The van der Waals surface area contributed by atoms with Gasteiger partial charge in [0.05, 0.1) is 21.8 Å². The largest absolute Gasteiger partial charge is 0.508 e. The highest BCUT2D eigenvalue weighted by atomic mass is 32.2. The lowest BCUT2D eigenvalue weighted by molar-refractivity contribution is -0.385. The van der Waals surface area contributed by atoms with Crippen LogP contribution in [0.5, 0.6) is 5.75 Å². The normalized spacial score (nSPS) is 35.7. The molecule has 2 aliphatic carbocycles. The number of benzene rings is 1. The number of aromatic amines is 1. The number of aromatic hydroxyl groups is 1. The third-order valence-corrected chi connectivity index (χ3v) is 9.60. The van der Waals surface area contributed by atoms with Crippen molar-refractivity contribution in [3.63, 3.8) is 0 Å². The Hall–Kier alpha value is -2.66. The topological polar surface area (TPSA) is 140 Å². The summed E-state index contributed by atoms with van der Waals surface area (Å²) in [6, 6.07) is 3.88. The zero-order valence-electron chi connectivity index (χ0n) is 15.1. The SMILES string of the molecule is O=C1OC(=O)C2C3CC(C4Sc5[nH]c(=O)sc5C(c5cc([N+](=O)[O-])ccc5O)C34)C12. The molecule has 0 spiro atoms. The summed E-state index contributed by atoms with van der Waals surface area (Å²) in [6.07, 6.45) is 0.684. The number of esters is 2. The van der Waals surface area contributed by atoms with Crippen molar-refractivity contribution in [2.45, 2.75) is 22.6 Å². The summed E-state index contributed by atoms with van der Waals surface area (Å²) in [5.74, 6) is -2.91. The third kappa shape index (κ3) is 2.21. The van der Waals surface area contributed by atoms with Crippen LogP contribution < -0.4 is 4.87 Å². The van der Waals surface area contributed by atoms with E-state index in [9.17, 15) is 29.6 Å². The summed E-state index contributed by atoms with van der Waals surface area (Å²) in [5.41, 5.74) is 0.219. The van der Waals surface area contributed by atoms with Gasteiger partial charge in [0.25, 0.3) is 5.69 Å². The fraction of sp³-hybridized carbons (Fsp3) is 0.421. The van der Waals surface area contributed by atoms with Crippen LogP contribution in [0.4, 0.5) is 5.69 Å². The molecule has 30 heavy (non-hydrogen) atoms. The van der Waals surface area contributed by atoms with E-state index in [1.807, 2.05) is 0 Å². The summed E-state index contributed by atoms with van der Waals surface area (Å²) in [5, 5.41) is 22.6. The van der Waals surface area contributed by atoms with E-state index in [0.29, 0.717) is 21.9 Å². The minimum atomic E-state index is -0.525. The summed E-state index contributed by atoms with van der Waals surface area (Å²) >= 11 is 2.52. The molecule has 0 radical (unpaired) electrons. The van der Waals surface area contributed by atoms with Gasteiger partial charge >= 0.3 is 16.8 Å². The van der Waals surface area contributed by atoms with Gasteiger partial charge in [-0.3, -0.25) is 24.5 Å². The van der Waals surface area contributed by atoms with Crippen molar-refractivity contribution in [2.75, 3.05) is 0 Å². The van der Waals surface area contributed by atoms with Crippen LogP contribution in [0.1, 0.15) is 22.8 Å². The summed E-state index contributed by atoms with van der Waals surface area (Å²) in [7, 11) is 0. The second-order valence-electron chi connectivity index (χ2n) is 8.20. The smallest absolute Gasteiger partial charge is 0.317 e. The van der Waals surface area contributed by atoms with E-state index in [1.165, 1.54) is 30.0 Å². The number of ether oxygens (including phenoxy) is 1. The number of thioether (sulfide) groups is 1. The zero-order chi connectivity index (χ0) is 20.9. The van der Waals surface area contributed by atoms with Crippen LogP contribution in [0.2, 0.25) is 0 Å². The quantitative estimate of drug-likeness (QED) is 0.310. The first-order chi connectivity index (χ1) is 14.3. The number of nitro benzene ring substituents is 1. The molecule has 2 aliphatic heterocycles. The van der Waals surface area contributed by atoms with Crippen LogP contribution >= 0.6 is 23.1 Å². The molecular formula is C19H14N2O7S2. The molecule has 1 aromatic heterocycles. The molecule has 3 fully saturated rings. The summed E-state index contributed by atoms with van der Waals surface area (Å²) < 4.78 is 4.93. The number of hydrogen-bond donors (Lipinski definition) is 2. The summed E-state index contributed by atoms with van der Waals surface area (Å²) in [4.78, 5) is 50.9. The predicted octanol–water partition coefficient (Wildman–Crippen LogP) is 2.24. The molecule has 1 aromatic carbocycles. The van der Waals surface area contributed by atoms with E-state index in [4.69, 9.17) is 4.74 Å². The Bertz CT molecular complexity index is 1200. The maximum atomic E-state index is 12.4. The van der Waals surface area contributed by atoms with Gasteiger partial charge in [-0.15, -0.1) is 11.8 Å². The predicted molar refractivity (Wildman–Crippen MR) is 104 cm³/mol. The second-order valence-corrected chi connectivity index (χ2v) is 10.4. The Balaban J connectivity index is 1.55. The molecule has 154 valence electrons. The molecule has 2 aromatic rings. The number of nitrogens with one attached hydrogen (secondary N) is 1. The number of rotatable bonds is 2. The van der Waals surface area contributed by atoms with E-state index >= 15 is 0 Å². The number of nitro groups is 1. The number of carbonyl (C=O) groups is 2. The highest BCUT2D eigenvalue weighted by Gasteiger charge is 2.69. The van der Waals surface area contributed by atoms with E-state index < -0.39 is 34.6 Å². The molecule has 3 heterocycles. The standard InChI is InChI=1S/C19H14N2O7S2/c22-9-2-1-5(21(26)27)3-6(9)10-11-7-4-8(13-12(7)17(23)28-18(13)24)14(11)29-16-15(10)30-19(25)20-16/h1-3,7-8,10-14,22H,4H2,(H,20,25). The number of hydrogen-bond acceptors (Lipinski definition) is 9. The van der Waals surface area contributed by atoms with Gasteiger partial charge in [0, 0.05) is 33.7 Å². The van der Waals surface area contributed by atoms with Gasteiger partial charge in [-0.1, -0.05) is 11.3 Å². The number of phenolic OH excluding ortho intramolecular Hbond substituents is 1. The van der Waals surface area contributed by atoms with Crippen LogP contribution in [-0.4, -0.2) is 32.2 Å². The minimum Gasteiger partial charge on any atom is -0.508 e. The Labute approximate surface area is 176 Å². The average molecular weight is 446 g/mol. The van der Waals surface area contributed by atoms with Crippen LogP contribution in [0.3, 0.4) is 0 Å². The number of phenols is 1. The highest BCUT2D eigenvalue weighted by molar-refractivity contribution is 8.00. The van der Waals surface area contributed by atoms with Gasteiger partial charge in [0.2, 0.25) is 0 Å². The molecule has 2 N–H and O–H groups in total. The first-order valence-electron chi connectivity index (χ1n) is 9.47. The summed E-state index contributed by atoms with van der Waals surface area (Å²) in [6.45, 7) is 0. The minimum absolute atomic E-state index is 0.0592. The molecule has 4 aliphatic rings. The second kappa shape index (κ2) is 5.94. The number of cyclic esters (lactones) is 2. The molecule has 1 saturated heterocycles.